The van der Waals surface area contributed by atoms with Gasteiger partial charge in [-0.05, 0) is 79.6 Å². The fourth-order valence-corrected chi connectivity index (χ4v) is 2.35. The maximum Gasteiger partial charge on any atom is 0.118 e. The summed E-state index contributed by atoms with van der Waals surface area (Å²) in [4.78, 5) is 0. The van der Waals surface area contributed by atoms with Gasteiger partial charge in [-0.25, -0.2) is 0 Å². The minimum absolute atomic E-state index is 0.373. The number of hydrogen-bond donors (Lipinski definition) is 1. The van der Waals surface area contributed by atoms with Crippen molar-refractivity contribution in [2.24, 2.45) is 0 Å². The standard InChI is InChI=1S/C17H20O/c1-10-6-7-15(12(3)11(10)2)16-8-9-17(18)14(5)13(16)4/h6-9,18H,1-5H3. The molecule has 0 aromatic heterocycles. The SMILES string of the molecule is Cc1ccc(-c2ccc(O)c(C)c2C)c(C)c1C. The van der Waals surface area contributed by atoms with E-state index in [0.717, 1.165) is 11.1 Å². The van der Waals surface area contributed by atoms with Crippen molar-refractivity contribution in [1.29, 1.82) is 0 Å². The molecule has 0 saturated carbocycles. The average Bonchev–Trinajstić information content (AvgIpc) is 2.35. The zero-order valence-electron chi connectivity index (χ0n) is 11.8. The topological polar surface area (TPSA) is 20.2 Å². The lowest BCUT2D eigenvalue weighted by Gasteiger charge is -2.15. The van der Waals surface area contributed by atoms with E-state index in [2.05, 4.69) is 39.8 Å². The molecule has 2 aromatic rings. The molecule has 0 unspecified atom stereocenters. The normalized spacial score (nSPS) is 10.7. The summed E-state index contributed by atoms with van der Waals surface area (Å²) in [6, 6.07) is 8.14. The molecule has 2 rings (SSSR count). The molecule has 0 spiro atoms. The molecule has 0 heterocycles. The molecule has 18 heavy (non-hydrogen) atoms. The summed E-state index contributed by atoms with van der Waals surface area (Å²) in [6.07, 6.45) is 0. The number of rotatable bonds is 1. The van der Waals surface area contributed by atoms with Gasteiger partial charge in [-0.3, -0.25) is 0 Å². The van der Waals surface area contributed by atoms with E-state index in [9.17, 15) is 5.11 Å². The van der Waals surface area contributed by atoms with E-state index in [1.807, 2.05) is 13.0 Å². The van der Waals surface area contributed by atoms with Gasteiger partial charge in [0.1, 0.15) is 5.75 Å². The van der Waals surface area contributed by atoms with Crippen molar-refractivity contribution in [3.8, 4) is 16.9 Å². The van der Waals surface area contributed by atoms with Crippen LogP contribution in [0.3, 0.4) is 0 Å². The molecule has 0 aliphatic heterocycles. The van der Waals surface area contributed by atoms with Crippen LogP contribution >= 0.6 is 0 Å². The van der Waals surface area contributed by atoms with Gasteiger partial charge in [0.2, 0.25) is 0 Å². The molecule has 0 amide bonds. The van der Waals surface area contributed by atoms with Crippen LogP contribution in [0, 0.1) is 34.6 Å². The predicted octanol–water partition coefficient (Wildman–Crippen LogP) is 4.60. The smallest absolute Gasteiger partial charge is 0.118 e. The molecule has 0 radical (unpaired) electrons. The third kappa shape index (κ3) is 1.90. The second-order valence-corrected chi connectivity index (χ2v) is 5.06. The summed E-state index contributed by atoms with van der Waals surface area (Å²) in [5, 5.41) is 9.74. The predicted molar refractivity (Wildman–Crippen MR) is 77.2 cm³/mol. The third-order valence-electron chi connectivity index (χ3n) is 4.11. The maximum absolute atomic E-state index is 9.74. The molecule has 0 saturated heterocycles. The third-order valence-corrected chi connectivity index (χ3v) is 4.11. The van der Waals surface area contributed by atoms with E-state index in [1.54, 1.807) is 6.07 Å². The monoisotopic (exact) mass is 240 g/mol. The highest BCUT2D eigenvalue weighted by molar-refractivity contribution is 5.74. The van der Waals surface area contributed by atoms with Gasteiger partial charge < -0.3 is 5.11 Å². The highest BCUT2D eigenvalue weighted by Gasteiger charge is 2.11. The van der Waals surface area contributed by atoms with Crippen LogP contribution in [0.5, 0.6) is 5.75 Å². The summed E-state index contributed by atoms with van der Waals surface area (Å²) in [6.45, 7) is 10.5. The van der Waals surface area contributed by atoms with Gasteiger partial charge >= 0.3 is 0 Å². The number of benzene rings is 2. The Labute approximate surface area is 109 Å². The maximum atomic E-state index is 9.74. The van der Waals surface area contributed by atoms with Crippen molar-refractivity contribution in [1.82, 2.24) is 0 Å². The van der Waals surface area contributed by atoms with E-state index in [4.69, 9.17) is 0 Å². The number of aryl methyl sites for hydroxylation is 1. The van der Waals surface area contributed by atoms with Crippen LogP contribution < -0.4 is 0 Å². The van der Waals surface area contributed by atoms with E-state index in [0.29, 0.717) is 5.75 Å². The first kappa shape index (κ1) is 12.7. The van der Waals surface area contributed by atoms with Gasteiger partial charge in [-0.1, -0.05) is 18.2 Å². The number of aromatic hydroxyl groups is 1. The molecule has 0 fully saturated rings. The average molecular weight is 240 g/mol. The summed E-state index contributed by atoms with van der Waals surface area (Å²) in [5.41, 5.74) is 8.58. The van der Waals surface area contributed by atoms with Crippen molar-refractivity contribution in [2.45, 2.75) is 34.6 Å². The highest BCUT2D eigenvalue weighted by Crippen LogP contribution is 2.33. The van der Waals surface area contributed by atoms with Crippen molar-refractivity contribution < 1.29 is 5.11 Å². The van der Waals surface area contributed by atoms with Crippen LogP contribution in [0.15, 0.2) is 24.3 Å². The molecule has 94 valence electrons. The minimum atomic E-state index is 0.373. The molecule has 1 N–H and O–H groups in total. The van der Waals surface area contributed by atoms with Gasteiger partial charge in [0.25, 0.3) is 0 Å². The van der Waals surface area contributed by atoms with E-state index >= 15 is 0 Å². The van der Waals surface area contributed by atoms with Crippen LogP contribution in [0.1, 0.15) is 27.8 Å². The van der Waals surface area contributed by atoms with Gasteiger partial charge in [-0.2, -0.15) is 0 Å². The second kappa shape index (κ2) is 4.49. The molecule has 2 aromatic carbocycles. The Morgan fingerprint density at radius 3 is 1.72 bits per heavy atom. The summed E-state index contributed by atoms with van der Waals surface area (Å²) < 4.78 is 0. The van der Waals surface area contributed by atoms with Crippen molar-refractivity contribution in [3.63, 3.8) is 0 Å². The number of phenols is 1. The zero-order valence-corrected chi connectivity index (χ0v) is 11.8. The van der Waals surface area contributed by atoms with Crippen LogP contribution in [0.25, 0.3) is 11.1 Å². The fourth-order valence-electron chi connectivity index (χ4n) is 2.35. The minimum Gasteiger partial charge on any atom is -0.508 e. The van der Waals surface area contributed by atoms with Gasteiger partial charge in [-0.15, -0.1) is 0 Å². The lowest BCUT2D eigenvalue weighted by molar-refractivity contribution is 0.470. The Morgan fingerprint density at radius 1 is 0.611 bits per heavy atom. The van der Waals surface area contributed by atoms with Crippen LogP contribution in [-0.4, -0.2) is 5.11 Å². The first-order valence-corrected chi connectivity index (χ1v) is 6.29. The second-order valence-electron chi connectivity index (χ2n) is 5.06. The fraction of sp³-hybridized carbons (Fsp3) is 0.294. The first-order chi connectivity index (χ1) is 8.43. The Bertz CT molecular complexity index is 554. The van der Waals surface area contributed by atoms with Crippen molar-refractivity contribution in [2.75, 3.05) is 0 Å². The molecule has 0 aliphatic rings. The van der Waals surface area contributed by atoms with Gasteiger partial charge in [0.15, 0.2) is 0 Å². The van der Waals surface area contributed by atoms with E-state index < -0.39 is 0 Å². The summed E-state index contributed by atoms with van der Waals surface area (Å²) in [7, 11) is 0. The quantitative estimate of drug-likeness (QED) is 0.772. The van der Waals surface area contributed by atoms with E-state index in [-0.39, 0.29) is 0 Å². The Kier molecular flexibility index (Phi) is 3.16. The first-order valence-electron chi connectivity index (χ1n) is 6.29. The highest BCUT2D eigenvalue weighted by atomic mass is 16.3. The van der Waals surface area contributed by atoms with Crippen molar-refractivity contribution in [3.05, 3.63) is 52.1 Å². The van der Waals surface area contributed by atoms with Gasteiger partial charge in [0, 0.05) is 0 Å². The summed E-state index contributed by atoms with van der Waals surface area (Å²) in [5.74, 6) is 0.373. The number of phenolic OH excluding ortho intramolecular Hbond substituents is 1. The molecular weight excluding hydrogens is 220 g/mol. The largest absolute Gasteiger partial charge is 0.508 e. The lowest BCUT2D eigenvalue weighted by Crippen LogP contribution is -1.94. The Morgan fingerprint density at radius 2 is 1.11 bits per heavy atom. The molecule has 0 atom stereocenters. The summed E-state index contributed by atoms with van der Waals surface area (Å²) >= 11 is 0. The Balaban J connectivity index is 2.71. The molecule has 1 heteroatoms. The Hall–Kier alpha value is -1.76. The van der Waals surface area contributed by atoms with Crippen molar-refractivity contribution >= 4 is 0 Å². The molecular formula is C17H20O. The van der Waals surface area contributed by atoms with Crippen LogP contribution in [-0.2, 0) is 0 Å². The van der Waals surface area contributed by atoms with Crippen LogP contribution in [0.4, 0.5) is 0 Å². The van der Waals surface area contributed by atoms with E-state index in [1.165, 1.54) is 27.8 Å². The van der Waals surface area contributed by atoms with Crippen LogP contribution in [0.2, 0.25) is 0 Å². The zero-order chi connectivity index (χ0) is 13.4. The molecule has 0 bridgehead atoms. The number of hydrogen-bond acceptors (Lipinski definition) is 1. The molecule has 0 aliphatic carbocycles. The molecule has 1 nitrogen and oxygen atoms in total. The lowest BCUT2D eigenvalue weighted by atomic mass is 9.90. The van der Waals surface area contributed by atoms with Gasteiger partial charge in [0.05, 0.1) is 0 Å².